The van der Waals surface area contributed by atoms with Crippen LogP contribution in [0.3, 0.4) is 0 Å². The first kappa shape index (κ1) is 10.5. The molecule has 64 valence electrons. The first-order chi connectivity index (χ1) is 5.07. The fourth-order valence-electron chi connectivity index (χ4n) is 0.429. The van der Waals surface area contributed by atoms with Crippen molar-refractivity contribution < 1.29 is 9.90 Å². The van der Waals surface area contributed by atoms with Crippen molar-refractivity contribution in [3.8, 4) is 0 Å². The largest absolute Gasteiger partial charge is 0.392 e. The van der Waals surface area contributed by atoms with Crippen LogP contribution < -0.4 is 5.32 Å². The second kappa shape index (κ2) is 5.16. The first-order valence-electron chi connectivity index (χ1n) is 3.31. The molecule has 11 heavy (non-hydrogen) atoms. The van der Waals surface area contributed by atoms with Crippen molar-refractivity contribution in [2.45, 2.75) is 20.0 Å². The van der Waals surface area contributed by atoms with E-state index in [0.717, 1.165) is 0 Å². The summed E-state index contributed by atoms with van der Waals surface area (Å²) in [4.78, 5) is 10.9. The molecule has 0 saturated carbocycles. The zero-order chi connectivity index (χ0) is 8.85. The summed E-state index contributed by atoms with van der Waals surface area (Å²) in [6, 6.07) is 0. The van der Waals surface area contributed by atoms with Gasteiger partial charge in [0.2, 0.25) is 5.91 Å². The molecule has 0 rings (SSSR count). The van der Waals surface area contributed by atoms with Crippen LogP contribution >= 0.6 is 11.6 Å². The fraction of sp³-hybridized carbons (Fsp3) is 0.571. The number of hydrogen-bond acceptors (Lipinski definition) is 2. The lowest BCUT2D eigenvalue weighted by molar-refractivity contribution is -0.117. The summed E-state index contributed by atoms with van der Waals surface area (Å²) in [5, 5.41) is 11.3. The molecule has 0 aromatic heterocycles. The van der Waals surface area contributed by atoms with E-state index >= 15 is 0 Å². The third-order valence-corrected chi connectivity index (χ3v) is 1.41. The van der Waals surface area contributed by atoms with Gasteiger partial charge in [-0.2, -0.15) is 0 Å². The van der Waals surface area contributed by atoms with Gasteiger partial charge in [0.15, 0.2) is 0 Å². The number of carbonyl (C=O) groups is 1. The molecule has 0 aliphatic rings. The Morgan fingerprint density at radius 2 is 2.36 bits per heavy atom. The predicted octanol–water partition coefficient (Wildman–Crippen LogP) is 0.626. The molecule has 4 heteroatoms. The maximum atomic E-state index is 10.9. The van der Waals surface area contributed by atoms with Crippen LogP contribution in [-0.2, 0) is 4.79 Å². The Morgan fingerprint density at radius 1 is 1.82 bits per heavy atom. The molecule has 0 aliphatic carbocycles. The fourth-order valence-corrected chi connectivity index (χ4v) is 0.528. The number of hydrogen-bond donors (Lipinski definition) is 2. The summed E-state index contributed by atoms with van der Waals surface area (Å²) in [5.41, 5.74) is 1.64. The number of aliphatic hydroxyl groups is 1. The van der Waals surface area contributed by atoms with Crippen LogP contribution in [0.4, 0.5) is 0 Å². The number of nitrogens with one attached hydrogen (secondary N) is 1. The molecule has 0 bridgehead atoms. The highest BCUT2D eigenvalue weighted by atomic mass is 35.5. The molecule has 2 N–H and O–H groups in total. The van der Waals surface area contributed by atoms with Gasteiger partial charge in [0, 0.05) is 17.7 Å². The van der Waals surface area contributed by atoms with Gasteiger partial charge < -0.3 is 10.4 Å². The molecular formula is C7H12ClNO2. The van der Waals surface area contributed by atoms with Gasteiger partial charge in [0.1, 0.15) is 0 Å². The molecular weight excluding hydrogens is 166 g/mol. The number of rotatable bonds is 3. The van der Waals surface area contributed by atoms with Gasteiger partial charge in [-0.1, -0.05) is 11.6 Å². The minimum Gasteiger partial charge on any atom is -0.392 e. The van der Waals surface area contributed by atoms with E-state index in [-0.39, 0.29) is 12.5 Å². The lowest BCUT2D eigenvalue weighted by atomic mass is 10.3. The van der Waals surface area contributed by atoms with E-state index in [9.17, 15) is 4.79 Å². The molecule has 0 fully saturated rings. The zero-order valence-corrected chi connectivity index (χ0v) is 7.35. The van der Waals surface area contributed by atoms with Crippen molar-refractivity contribution in [2.75, 3.05) is 6.54 Å². The first-order valence-corrected chi connectivity index (χ1v) is 3.74. The van der Waals surface area contributed by atoms with Gasteiger partial charge in [-0.15, -0.1) is 0 Å². The maximum Gasteiger partial charge on any atom is 0.247 e. The molecule has 0 heterocycles. The van der Waals surface area contributed by atoms with Crippen LogP contribution in [0.15, 0.2) is 11.1 Å². The van der Waals surface area contributed by atoms with E-state index in [1.54, 1.807) is 13.8 Å². The van der Waals surface area contributed by atoms with Crippen molar-refractivity contribution in [3.05, 3.63) is 11.1 Å². The molecule has 3 nitrogen and oxygen atoms in total. The Bertz CT molecular complexity index is 166. The Kier molecular flexibility index (Phi) is 4.90. The summed E-state index contributed by atoms with van der Waals surface area (Å²) in [6.07, 6.45) is -0.526. The third-order valence-electron chi connectivity index (χ3n) is 1.08. The van der Waals surface area contributed by atoms with Crippen LogP contribution in [0, 0.1) is 0 Å². The van der Waals surface area contributed by atoms with Crippen molar-refractivity contribution >= 4 is 17.5 Å². The van der Waals surface area contributed by atoms with Gasteiger partial charge in [-0.05, 0) is 13.8 Å². The van der Waals surface area contributed by atoms with E-state index < -0.39 is 6.10 Å². The standard InChI is InChI=1S/C7H12ClNO2/c1-5(3-8)7(11)9-4-6(2)10/h3,6,10H,4H2,1-2H3,(H,9,11). The van der Waals surface area contributed by atoms with Gasteiger partial charge in [-0.25, -0.2) is 0 Å². The highest BCUT2D eigenvalue weighted by Crippen LogP contribution is 1.94. The van der Waals surface area contributed by atoms with Crippen LogP contribution in [0.1, 0.15) is 13.8 Å². The Morgan fingerprint density at radius 3 is 2.73 bits per heavy atom. The Labute approximate surface area is 71.0 Å². The molecule has 0 aromatic rings. The van der Waals surface area contributed by atoms with E-state index in [4.69, 9.17) is 16.7 Å². The monoisotopic (exact) mass is 177 g/mol. The molecule has 0 radical (unpaired) electrons. The summed E-state index contributed by atoms with van der Waals surface area (Å²) in [6.45, 7) is 3.45. The molecule has 0 aliphatic heterocycles. The average Bonchev–Trinajstić information content (AvgIpc) is 1.98. The normalized spacial score (nSPS) is 14.4. The zero-order valence-electron chi connectivity index (χ0n) is 6.60. The summed E-state index contributed by atoms with van der Waals surface area (Å²) in [7, 11) is 0. The van der Waals surface area contributed by atoms with Gasteiger partial charge in [-0.3, -0.25) is 4.79 Å². The van der Waals surface area contributed by atoms with E-state index in [1.807, 2.05) is 0 Å². The maximum absolute atomic E-state index is 10.9. The van der Waals surface area contributed by atoms with Crippen molar-refractivity contribution in [1.29, 1.82) is 0 Å². The van der Waals surface area contributed by atoms with Gasteiger partial charge >= 0.3 is 0 Å². The Balaban J connectivity index is 3.71. The van der Waals surface area contributed by atoms with E-state index in [0.29, 0.717) is 5.57 Å². The molecule has 0 saturated heterocycles. The lowest BCUT2D eigenvalue weighted by Crippen LogP contribution is -2.30. The number of amides is 1. The smallest absolute Gasteiger partial charge is 0.247 e. The topological polar surface area (TPSA) is 49.3 Å². The van der Waals surface area contributed by atoms with Crippen LogP contribution in [-0.4, -0.2) is 23.7 Å². The molecule has 0 aromatic carbocycles. The van der Waals surface area contributed by atoms with Crippen molar-refractivity contribution in [3.63, 3.8) is 0 Å². The van der Waals surface area contributed by atoms with Crippen LogP contribution in [0.25, 0.3) is 0 Å². The quantitative estimate of drug-likeness (QED) is 0.622. The Hall–Kier alpha value is -0.540. The summed E-state index contributed by atoms with van der Waals surface area (Å²) >= 11 is 5.28. The third kappa shape index (κ3) is 4.81. The highest BCUT2D eigenvalue weighted by Gasteiger charge is 2.03. The van der Waals surface area contributed by atoms with Crippen LogP contribution in [0.5, 0.6) is 0 Å². The minimum absolute atomic E-state index is 0.249. The highest BCUT2D eigenvalue weighted by molar-refractivity contribution is 6.27. The minimum atomic E-state index is -0.526. The van der Waals surface area contributed by atoms with Crippen LogP contribution in [0.2, 0.25) is 0 Å². The molecule has 1 atom stereocenters. The van der Waals surface area contributed by atoms with Crippen molar-refractivity contribution in [1.82, 2.24) is 5.32 Å². The summed E-state index contributed by atoms with van der Waals surface area (Å²) < 4.78 is 0. The number of halogens is 1. The summed E-state index contributed by atoms with van der Waals surface area (Å²) in [5.74, 6) is -0.249. The molecule has 0 spiro atoms. The lowest BCUT2D eigenvalue weighted by Gasteiger charge is -2.05. The SMILES string of the molecule is CC(=CCl)C(=O)NCC(C)O. The molecule has 1 amide bonds. The van der Waals surface area contributed by atoms with E-state index in [2.05, 4.69) is 5.32 Å². The predicted molar refractivity (Wildman–Crippen MR) is 44.3 cm³/mol. The second-order valence-electron chi connectivity index (χ2n) is 2.35. The van der Waals surface area contributed by atoms with Crippen molar-refractivity contribution in [2.24, 2.45) is 0 Å². The van der Waals surface area contributed by atoms with E-state index in [1.165, 1.54) is 5.54 Å². The van der Waals surface area contributed by atoms with Gasteiger partial charge in [0.25, 0.3) is 0 Å². The second-order valence-corrected chi connectivity index (χ2v) is 2.57. The average molecular weight is 178 g/mol. The molecule has 1 unspecified atom stereocenters. The number of aliphatic hydroxyl groups excluding tert-OH is 1. The number of carbonyl (C=O) groups excluding carboxylic acids is 1. The van der Waals surface area contributed by atoms with Gasteiger partial charge in [0.05, 0.1) is 6.10 Å².